The van der Waals surface area contributed by atoms with Gasteiger partial charge in [0.25, 0.3) is 0 Å². The molecule has 1 aliphatic rings. The van der Waals surface area contributed by atoms with Crippen molar-refractivity contribution in [2.45, 2.75) is 52.2 Å². The van der Waals surface area contributed by atoms with Gasteiger partial charge >= 0.3 is 0 Å². The van der Waals surface area contributed by atoms with E-state index in [4.69, 9.17) is 4.74 Å². The fourth-order valence-electron chi connectivity index (χ4n) is 2.43. The largest absolute Gasteiger partial charge is 0.377 e. The summed E-state index contributed by atoms with van der Waals surface area (Å²) < 4.78 is 5.41. The fraction of sp³-hybridized carbons (Fsp3) is 0.938. The normalized spacial score (nSPS) is 20.4. The van der Waals surface area contributed by atoms with E-state index in [0.717, 1.165) is 25.0 Å². The van der Waals surface area contributed by atoms with E-state index in [1.807, 2.05) is 7.05 Å². The molecule has 5 heteroatoms. The summed E-state index contributed by atoms with van der Waals surface area (Å²) in [6, 6.07) is 0.534. The average Bonchev–Trinajstić information content (AvgIpc) is 2.48. The number of nitrogens with one attached hydrogen (secondary N) is 2. The Hall–Kier alpha value is -0.810. The van der Waals surface area contributed by atoms with Crippen LogP contribution in [0.5, 0.6) is 0 Å². The number of likely N-dealkylation sites (tertiary alicyclic amines) is 1. The van der Waals surface area contributed by atoms with Crippen molar-refractivity contribution in [1.82, 2.24) is 15.5 Å². The molecule has 124 valence electrons. The molecule has 0 aromatic carbocycles. The van der Waals surface area contributed by atoms with Gasteiger partial charge in [-0.1, -0.05) is 6.92 Å². The van der Waals surface area contributed by atoms with E-state index < -0.39 is 0 Å². The third kappa shape index (κ3) is 6.66. The van der Waals surface area contributed by atoms with Crippen LogP contribution in [0.15, 0.2) is 4.99 Å². The second kappa shape index (κ2) is 8.59. The van der Waals surface area contributed by atoms with E-state index in [1.54, 1.807) is 7.11 Å². The summed E-state index contributed by atoms with van der Waals surface area (Å²) in [5.74, 6) is 1.73. The minimum Gasteiger partial charge on any atom is -0.377 e. The first-order valence-corrected chi connectivity index (χ1v) is 8.11. The molecule has 0 radical (unpaired) electrons. The Balaban J connectivity index is 2.31. The van der Waals surface area contributed by atoms with Gasteiger partial charge in [-0.3, -0.25) is 9.89 Å². The number of rotatable bonds is 6. The van der Waals surface area contributed by atoms with E-state index in [9.17, 15) is 0 Å². The molecular weight excluding hydrogens is 264 g/mol. The van der Waals surface area contributed by atoms with Crippen LogP contribution in [-0.2, 0) is 4.74 Å². The highest BCUT2D eigenvalue weighted by Crippen LogP contribution is 2.17. The summed E-state index contributed by atoms with van der Waals surface area (Å²) in [6.45, 7) is 12.8. The third-order valence-electron chi connectivity index (χ3n) is 4.46. The van der Waals surface area contributed by atoms with Gasteiger partial charge in [0.15, 0.2) is 5.96 Å². The molecule has 0 saturated carbocycles. The Kier molecular flexibility index (Phi) is 7.46. The molecule has 0 aromatic heterocycles. The molecule has 1 saturated heterocycles. The van der Waals surface area contributed by atoms with Crippen LogP contribution in [0.1, 0.15) is 40.5 Å². The molecular formula is C16H34N4O. The zero-order valence-corrected chi connectivity index (χ0v) is 14.7. The van der Waals surface area contributed by atoms with Crippen LogP contribution >= 0.6 is 0 Å². The molecule has 1 atom stereocenters. The molecule has 0 bridgehead atoms. The van der Waals surface area contributed by atoms with E-state index in [-0.39, 0.29) is 5.60 Å². The lowest BCUT2D eigenvalue weighted by Gasteiger charge is -2.35. The van der Waals surface area contributed by atoms with Crippen molar-refractivity contribution < 1.29 is 4.74 Å². The highest BCUT2D eigenvalue weighted by molar-refractivity contribution is 5.79. The van der Waals surface area contributed by atoms with Crippen LogP contribution in [0.4, 0.5) is 0 Å². The first-order chi connectivity index (χ1) is 9.88. The molecule has 0 amide bonds. The number of methoxy groups -OCH3 is 1. The van der Waals surface area contributed by atoms with Crippen LogP contribution in [0.2, 0.25) is 0 Å². The lowest BCUT2D eigenvalue weighted by atomic mass is 9.98. The minimum atomic E-state index is -0.188. The fourth-order valence-corrected chi connectivity index (χ4v) is 2.43. The Morgan fingerprint density at radius 3 is 2.48 bits per heavy atom. The second-order valence-electron chi connectivity index (χ2n) is 6.84. The number of hydrogen-bond acceptors (Lipinski definition) is 3. The molecule has 1 rings (SSSR count). The molecule has 1 heterocycles. The average molecular weight is 298 g/mol. The van der Waals surface area contributed by atoms with E-state index in [0.29, 0.717) is 6.04 Å². The molecule has 2 N–H and O–H groups in total. The van der Waals surface area contributed by atoms with Crippen molar-refractivity contribution >= 4 is 5.96 Å². The van der Waals surface area contributed by atoms with Gasteiger partial charge in [0.2, 0.25) is 0 Å². The van der Waals surface area contributed by atoms with Gasteiger partial charge in [-0.2, -0.15) is 0 Å². The smallest absolute Gasteiger partial charge is 0.191 e. The number of guanidine groups is 1. The van der Waals surface area contributed by atoms with E-state index in [2.05, 4.69) is 48.2 Å². The summed E-state index contributed by atoms with van der Waals surface area (Å²) >= 11 is 0. The van der Waals surface area contributed by atoms with Crippen molar-refractivity contribution in [2.24, 2.45) is 10.9 Å². The van der Waals surface area contributed by atoms with Gasteiger partial charge < -0.3 is 15.4 Å². The number of piperidine rings is 1. The van der Waals surface area contributed by atoms with Gasteiger partial charge in [-0.25, -0.2) is 0 Å². The number of aliphatic imine (C=N–C) groups is 1. The first-order valence-electron chi connectivity index (χ1n) is 8.11. The predicted octanol–water partition coefficient (Wildman–Crippen LogP) is 1.70. The van der Waals surface area contributed by atoms with Crippen molar-refractivity contribution in [2.75, 3.05) is 40.3 Å². The predicted molar refractivity (Wildman–Crippen MR) is 89.9 cm³/mol. The zero-order valence-electron chi connectivity index (χ0n) is 14.7. The topological polar surface area (TPSA) is 48.9 Å². The minimum absolute atomic E-state index is 0.188. The van der Waals surface area contributed by atoms with Crippen LogP contribution < -0.4 is 10.6 Å². The molecule has 21 heavy (non-hydrogen) atoms. The van der Waals surface area contributed by atoms with Gasteiger partial charge in [-0.05, 0) is 52.6 Å². The standard InChI is InChI=1S/C16H34N4O/c1-13-7-9-20(10-8-13)14(2)11-18-15(17-5)19-12-16(3,4)21-6/h13-14H,7-12H2,1-6H3,(H2,17,18,19). The Labute approximate surface area is 130 Å². The van der Waals surface area contributed by atoms with Gasteiger partial charge in [0.1, 0.15) is 0 Å². The molecule has 1 unspecified atom stereocenters. The SMILES string of the molecule is CN=C(NCC(C)N1CCC(C)CC1)NCC(C)(C)OC. The monoisotopic (exact) mass is 298 g/mol. The summed E-state index contributed by atoms with van der Waals surface area (Å²) in [5, 5.41) is 6.74. The summed E-state index contributed by atoms with van der Waals surface area (Å²) in [5.41, 5.74) is -0.188. The molecule has 0 spiro atoms. The highest BCUT2D eigenvalue weighted by Gasteiger charge is 2.21. The maximum Gasteiger partial charge on any atom is 0.191 e. The van der Waals surface area contributed by atoms with Crippen LogP contribution in [0, 0.1) is 5.92 Å². The molecule has 1 fully saturated rings. The van der Waals surface area contributed by atoms with Gasteiger partial charge in [-0.15, -0.1) is 0 Å². The van der Waals surface area contributed by atoms with Crippen LogP contribution in [-0.4, -0.2) is 62.8 Å². The second-order valence-corrected chi connectivity index (χ2v) is 6.84. The van der Waals surface area contributed by atoms with Crippen molar-refractivity contribution in [3.8, 4) is 0 Å². The van der Waals surface area contributed by atoms with Crippen molar-refractivity contribution in [1.29, 1.82) is 0 Å². The maximum atomic E-state index is 5.41. The number of hydrogen-bond donors (Lipinski definition) is 2. The summed E-state index contributed by atoms with van der Waals surface area (Å²) in [6.07, 6.45) is 2.64. The molecule has 1 aliphatic heterocycles. The zero-order chi connectivity index (χ0) is 15.9. The van der Waals surface area contributed by atoms with Crippen molar-refractivity contribution in [3.63, 3.8) is 0 Å². The van der Waals surface area contributed by atoms with E-state index in [1.165, 1.54) is 25.9 Å². The first kappa shape index (κ1) is 18.2. The Morgan fingerprint density at radius 1 is 1.33 bits per heavy atom. The molecule has 0 aliphatic carbocycles. The maximum absolute atomic E-state index is 5.41. The summed E-state index contributed by atoms with van der Waals surface area (Å²) in [4.78, 5) is 6.84. The molecule has 5 nitrogen and oxygen atoms in total. The quantitative estimate of drug-likeness (QED) is 0.579. The Morgan fingerprint density at radius 2 is 1.95 bits per heavy atom. The number of nitrogens with zero attached hydrogens (tertiary/aromatic N) is 2. The van der Waals surface area contributed by atoms with E-state index >= 15 is 0 Å². The lowest BCUT2D eigenvalue weighted by Crippen LogP contribution is -2.50. The third-order valence-corrected chi connectivity index (χ3v) is 4.46. The number of ether oxygens (including phenoxy) is 1. The lowest BCUT2D eigenvalue weighted by molar-refractivity contribution is 0.0268. The Bertz CT molecular complexity index is 322. The van der Waals surface area contributed by atoms with Gasteiger partial charge in [0.05, 0.1) is 5.60 Å². The van der Waals surface area contributed by atoms with Crippen LogP contribution in [0.3, 0.4) is 0 Å². The van der Waals surface area contributed by atoms with Crippen LogP contribution in [0.25, 0.3) is 0 Å². The van der Waals surface area contributed by atoms with Crippen molar-refractivity contribution in [3.05, 3.63) is 0 Å². The van der Waals surface area contributed by atoms with Gasteiger partial charge in [0, 0.05) is 33.3 Å². The highest BCUT2D eigenvalue weighted by atomic mass is 16.5. The summed E-state index contributed by atoms with van der Waals surface area (Å²) in [7, 11) is 3.54. The molecule has 0 aromatic rings.